The van der Waals surface area contributed by atoms with Gasteiger partial charge in [0.2, 0.25) is 12.7 Å². The molecule has 0 saturated heterocycles. The molecule has 2 aliphatic heterocycles. The van der Waals surface area contributed by atoms with E-state index in [1.54, 1.807) is 0 Å². The quantitative estimate of drug-likeness (QED) is 0.600. The number of carbonyl (C=O) groups is 2. The van der Waals surface area contributed by atoms with Gasteiger partial charge in [-0.2, -0.15) is 5.10 Å². The lowest BCUT2D eigenvalue weighted by atomic mass is 9.77. The summed E-state index contributed by atoms with van der Waals surface area (Å²) in [6.07, 6.45) is 1.76. The largest absolute Gasteiger partial charge is 0.454 e. The Morgan fingerprint density at radius 1 is 0.971 bits per heavy atom. The molecule has 35 heavy (non-hydrogen) atoms. The van der Waals surface area contributed by atoms with Gasteiger partial charge < -0.3 is 9.47 Å². The molecule has 176 valence electrons. The normalized spacial score (nSPS) is 19.1. The molecule has 1 atom stereocenters. The third-order valence-corrected chi connectivity index (χ3v) is 6.56. The van der Waals surface area contributed by atoms with Gasteiger partial charge >= 0.3 is 0 Å². The second kappa shape index (κ2) is 8.43. The molecule has 2 aromatic carbocycles. The Hall–Kier alpha value is -4.40. The number of rotatable bonds is 4. The summed E-state index contributed by atoms with van der Waals surface area (Å²) in [6, 6.07) is 16.3. The zero-order chi connectivity index (χ0) is 23.9. The molecule has 1 amide bonds. The molecule has 1 aliphatic carbocycles. The number of allylic oxidation sites excluding steroid dienone is 2. The van der Waals surface area contributed by atoms with Crippen LogP contribution in [0.1, 0.15) is 37.2 Å². The minimum atomic E-state index is -0.399. The van der Waals surface area contributed by atoms with Crippen LogP contribution in [-0.4, -0.2) is 33.7 Å². The van der Waals surface area contributed by atoms with Gasteiger partial charge in [-0.15, -0.1) is 0 Å². The Morgan fingerprint density at radius 3 is 2.66 bits per heavy atom. The van der Waals surface area contributed by atoms with Crippen LogP contribution in [0.15, 0.2) is 70.7 Å². The Bertz CT molecular complexity index is 1430. The number of hydrogen-bond acceptors (Lipinski definition) is 7. The van der Waals surface area contributed by atoms with E-state index in [-0.39, 0.29) is 30.8 Å². The fraction of sp³-hybridized carbons (Fsp3) is 0.231. The highest BCUT2D eigenvalue weighted by Crippen LogP contribution is 2.44. The number of ketones is 1. The van der Waals surface area contributed by atoms with E-state index in [0.717, 1.165) is 11.1 Å². The summed E-state index contributed by atoms with van der Waals surface area (Å²) in [5.41, 5.74) is 6.49. The molecular formula is C26H22N4O5. The highest BCUT2D eigenvalue weighted by molar-refractivity contribution is 6.02. The van der Waals surface area contributed by atoms with Crippen molar-refractivity contribution in [2.24, 2.45) is 0 Å². The third-order valence-electron chi connectivity index (χ3n) is 6.56. The van der Waals surface area contributed by atoms with Crippen LogP contribution in [0.25, 0.3) is 11.3 Å². The molecule has 1 aromatic heterocycles. The standard InChI is InChI=1S/C26H22N4O5/c31-20-8-4-7-19-25(20)17(16-9-10-21-22(11-16)35-14-34-21)12-24(33)30(19)29-18-13-23(32)27-28-26(18)15-5-2-1-3-6-15/h1-3,5-6,9-11,13,17H,4,7-8,12,14H2,(H2,27,29,32)/t17-/m1/s1. The van der Waals surface area contributed by atoms with Crippen molar-refractivity contribution < 1.29 is 19.1 Å². The molecule has 3 aliphatic rings. The van der Waals surface area contributed by atoms with Crippen LogP contribution in [0.5, 0.6) is 11.5 Å². The van der Waals surface area contributed by atoms with Crippen molar-refractivity contribution in [3.8, 4) is 22.8 Å². The van der Waals surface area contributed by atoms with Crippen LogP contribution < -0.4 is 20.5 Å². The number of carbonyl (C=O) groups excluding carboxylic acids is 2. The number of anilines is 1. The van der Waals surface area contributed by atoms with Crippen molar-refractivity contribution in [2.45, 2.75) is 31.6 Å². The molecule has 0 spiro atoms. The number of nitrogens with one attached hydrogen (secondary N) is 2. The molecule has 0 unspecified atom stereocenters. The first kappa shape index (κ1) is 21.2. The number of nitrogens with zero attached hydrogens (tertiary/aromatic N) is 2. The number of aromatic amines is 1. The van der Waals surface area contributed by atoms with E-state index in [1.807, 2.05) is 48.5 Å². The lowest BCUT2D eigenvalue weighted by Gasteiger charge is -2.38. The topological polar surface area (TPSA) is 114 Å². The van der Waals surface area contributed by atoms with Gasteiger partial charge in [-0.05, 0) is 30.5 Å². The predicted octanol–water partition coefficient (Wildman–Crippen LogP) is 3.52. The molecule has 0 saturated carbocycles. The van der Waals surface area contributed by atoms with Gasteiger partial charge in [-0.1, -0.05) is 36.4 Å². The van der Waals surface area contributed by atoms with E-state index in [0.29, 0.717) is 53.4 Å². The molecule has 0 bridgehead atoms. The van der Waals surface area contributed by atoms with Gasteiger partial charge in [0.1, 0.15) is 5.69 Å². The maximum absolute atomic E-state index is 13.5. The van der Waals surface area contributed by atoms with Crippen molar-refractivity contribution in [3.05, 3.63) is 81.8 Å². The van der Waals surface area contributed by atoms with E-state index in [4.69, 9.17) is 9.47 Å². The fourth-order valence-electron chi connectivity index (χ4n) is 4.96. The first-order chi connectivity index (χ1) is 17.1. The molecule has 3 heterocycles. The summed E-state index contributed by atoms with van der Waals surface area (Å²) in [5, 5.41) is 8.10. The zero-order valence-electron chi connectivity index (χ0n) is 18.7. The molecule has 9 nitrogen and oxygen atoms in total. The molecule has 9 heteroatoms. The maximum Gasteiger partial charge on any atom is 0.266 e. The van der Waals surface area contributed by atoms with Gasteiger partial charge in [-0.3, -0.25) is 19.8 Å². The van der Waals surface area contributed by atoms with Crippen molar-refractivity contribution in [3.63, 3.8) is 0 Å². The van der Waals surface area contributed by atoms with Crippen molar-refractivity contribution in [1.29, 1.82) is 0 Å². The summed E-state index contributed by atoms with van der Waals surface area (Å²) in [6.45, 7) is 0.154. The van der Waals surface area contributed by atoms with E-state index in [1.165, 1.54) is 11.1 Å². The van der Waals surface area contributed by atoms with Gasteiger partial charge in [-0.25, -0.2) is 10.1 Å². The number of aromatic nitrogens is 2. The summed E-state index contributed by atoms with van der Waals surface area (Å²) < 4.78 is 10.9. The number of hydrazine groups is 1. The van der Waals surface area contributed by atoms with E-state index in [9.17, 15) is 14.4 Å². The summed E-state index contributed by atoms with van der Waals surface area (Å²) in [4.78, 5) is 38.7. The smallest absolute Gasteiger partial charge is 0.266 e. The Balaban J connectivity index is 1.42. The molecule has 0 radical (unpaired) electrons. The first-order valence-electron chi connectivity index (χ1n) is 11.5. The lowest BCUT2D eigenvalue weighted by Crippen LogP contribution is -2.43. The second-order valence-corrected chi connectivity index (χ2v) is 8.71. The van der Waals surface area contributed by atoms with Crippen LogP contribution in [0, 0.1) is 0 Å². The highest BCUT2D eigenvalue weighted by atomic mass is 16.7. The third kappa shape index (κ3) is 3.74. The number of H-pyrrole nitrogens is 1. The number of hydrogen-bond donors (Lipinski definition) is 2. The minimum absolute atomic E-state index is 0.0283. The second-order valence-electron chi connectivity index (χ2n) is 8.71. The van der Waals surface area contributed by atoms with Crippen LogP contribution in [0.2, 0.25) is 0 Å². The first-order valence-corrected chi connectivity index (χ1v) is 11.5. The Labute approximate surface area is 200 Å². The SMILES string of the molecule is O=C1CCCC2=C1[C@@H](c1ccc3c(c1)OCO3)CC(=O)N2Nc1cc(=O)[nH]nc1-c1ccccc1. The van der Waals surface area contributed by atoms with Crippen molar-refractivity contribution in [2.75, 3.05) is 12.2 Å². The number of ether oxygens (including phenoxy) is 2. The minimum Gasteiger partial charge on any atom is -0.454 e. The predicted molar refractivity (Wildman–Crippen MR) is 127 cm³/mol. The summed E-state index contributed by atoms with van der Waals surface area (Å²) in [5.74, 6) is 0.728. The molecule has 2 N–H and O–H groups in total. The Morgan fingerprint density at radius 2 is 1.80 bits per heavy atom. The number of amides is 1. The van der Waals surface area contributed by atoms with Crippen LogP contribution in [0.3, 0.4) is 0 Å². The Kier molecular flexibility index (Phi) is 5.09. The zero-order valence-corrected chi connectivity index (χ0v) is 18.7. The van der Waals surface area contributed by atoms with Gasteiger partial charge in [0.25, 0.3) is 5.56 Å². The van der Waals surface area contributed by atoms with E-state index < -0.39 is 5.56 Å². The highest BCUT2D eigenvalue weighted by Gasteiger charge is 2.40. The summed E-state index contributed by atoms with van der Waals surface area (Å²) in [7, 11) is 0. The molecule has 3 aromatic rings. The monoisotopic (exact) mass is 470 g/mol. The van der Waals surface area contributed by atoms with Crippen LogP contribution >= 0.6 is 0 Å². The molecule has 6 rings (SSSR count). The van der Waals surface area contributed by atoms with Crippen molar-refractivity contribution in [1.82, 2.24) is 15.2 Å². The molecule has 0 fully saturated rings. The summed E-state index contributed by atoms with van der Waals surface area (Å²) >= 11 is 0. The van der Waals surface area contributed by atoms with Crippen molar-refractivity contribution >= 4 is 17.4 Å². The lowest BCUT2D eigenvalue weighted by molar-refractivity contribution is -0.130. The van der Waals surface area contributed by atoms with E-state index >= 15 is 0 Å². The maximum atomic E-state index is 13.5. The van der Waals surface area contributed by atoms with Crippen LogP contribution in [-0.2, 0) is 9.59 Å². The van der Waals surface area contributed by atoms with Crippen LogP contribution in [0.4, 0.5) is 5.69 Å². The number of fused-ring (bicyclic) bond motifs is 1. The van der Waals surface area contributed by atoms with Gasteiger partial charge in [0.15, 0.2) is 17.3 Å². The molecular weight excluding hydrogens is 448 g/mol. The van der Waals surface area contributed by atoms with Gasteiger partial charge in [0.05, 0.1) is 11.4 Å². The number of benzene rings is 2. The average molecular weight is 470 g/mol. The average Bonchev–Trinajstić information content (AvgIpc) is 3.34. The number of Topliss-reactive ketones (excluding diaryl/α,β-unsaturated/α-hetero) is 1. The van der Waals surface area contributed by atoms with E-state index in [2.05, 4.69) is 15.6 Å². The fourth-order valence-corrected chi connectivity index (χ4v) is 4.96. The van der Waals surface area contributed by atoms with Gasteiger partial charge in [0, 0.05) is 36.0 Å².